The van der Waals surface area contributed by atoms with Gasteiger partial charge in [-0.25, -0.2) is 13.8 Å². The zero-order chi connectivity index (χ0) is 17.9. The first-order valence-corrected chi connectivity index (χ1v) is 6.61. The minimum atomic E-state index is -4.89. The zero-order valence-corrected chi connectivity index (χ0v) is 12.1. The third-order valence-electron chi connectivity index (χ3n) is 3.08. The lowest BCUT2D eigenvalue weighted by atomic mass is 10.1. The summed E-state index contributed by atoms with van der Waals surface area (Å²) in [5.41, 5.74) is 8.17. The number of hydrogen-bond acceptors (Lipinski definition) is 3. The van der Waals surface area contributed by atoms with E-state index in [4.69, 9.17) is 11.5 Å². The maximum Gasteiger partial charge on any atom is 0.435 e. The molecule has 0 aliphatic carbocycles. The molecule has 2 aromatic rings. The molecule has 0 unspecified atom stereocenters. The summed E-state index contributed by atoms with van der Waals surface area (Å²) < 4.78 is 65.7. The molecule has 126 valence electrons. The van der Waals surface area contributed by atoms with Gasteiger partial charge in [-0.15, -0.1) is 0 Å². The van der Waals surface area contributed by atoms with E-state index < -0.39 is 34.9 Å². The summed E-state index contributed by atoms with van der Waals surface area (Å²) in [4.78, 5) is 3.23. The molecule has 0 saturated heterocycles. The Hall–Kier alpha value is -2.90. The molecule has 0 amide bonds. The van der Waals surface area contributed by atoms with Gasteiger partial charge in [0.25, 0.3) is 0 Å². The summed E-state index contributed by atoms with van der Waals surface area (Å²) in [6, 6.07) is 8.66. The summed E-state index contributed by atoms with van der Waals surface area (Å²) in [6.45, 7) is 0. The van der Waals surface area contributed by atoms with E-state index in [2.05, 4.69) is 4.99 Å². The average Bonchev–Trinajstić information content (AvgIpc) is 2.52. The van der Waals surface area contributed by atoms with Crippen molar-refractivity contribution in [1.29, 1.82) is 0 Å². The number of halogens is 5. The van der Waals surface area contributed by atoms with Gasteiger partial charge in [0.1, 0.15) is 11.6 Å². The van der Waals surface area contributed by atoms with Crippen LogP contribution in [0.1, 0.15) is 0 Å². The SMILES string of the molecule is NC=C(N)C(=Nc1ccc(-c2ccc(F)cc2)cc1F)C(F)(F)F. The molecular formula is C16H12F5N3. The molecule has 0 spiro atoms. The van der Waals surface area contributed by atoms with Crippen LogP contribution in [0.3, 0.4) is 0 Å². The molecule has 0 saturated carbocycles. The minimum absolute atomic E-state index is 0.363. The fourth-order valence-corrected chi connectivity index (χ4v) is 1.91. The monoisotopic (exact) mass is 341 g/mol. The molecule has 0 heterocycles. The lowest BCUT2D eigenvalue weighted by molar-refractivity contribution is -0.0582. The van der Waals surface area contributed by atoms with Crippen LogP contribution in [0.4, 0.5) is 27.6 Å². The van der Waals surface area contributed by atoms with Gasteiger partial charge in [-0.3, -0.25) is 0 Å². The number of allylic oxidation sites excluding steroid dienone is 1. The first-order valence-electron chi connectivity index (χ1n) is 6.61. The molecule has 0 aromatic heterocycles. The van der Waals surface area contributed by atoms with Crippen LogP contribution in [0.2, 0.25) is 0 Å². The molecule has 0 radical (unpaired) electrons. The minimum Gasteiger partial charge on any atom is -0.403 e. The van der Waals surface area contributed by atoms with Crippen LogP contribution < -0.4 is 11.5 Å². The molecule has 2 rings (SSSR count). The van der Waals surface area contributed by atoms with Crippen molar-refractivity contribution in [3.05, 3.63) is 66.0 Å². The molecule has 0 fully saturated rings. The lowest BCUT2D eigenvalue weighted by Crippen LogP contribution is -2.29. The highest BCUT2D eigenvalue weighted by Gasteiger charge is 2.37. The van der Waals surface area contributed by atoms with Gasteiger partial charge in [-0.2, -0.15) is 13.2 Å². The Morgan fingerprint density at radius 3 is 2.04 bits per heavy atom. The molecule has 0 atom stereocenters. The van der Waals surface area contributed by atoms with Crippen molar-refractivity contribution in [1.82, 2.24) is 0 Å². The van der Waals surface area contributed by atoms with E-state index >= 15 is 0 Å². The Morgan fingerprint density at radius 2 is 1.54 bits per heavy atom. The van der Waals surface area contributed by atoms with Crippen LogP contribution in [-0.4, -0.2) is 11.9 Å². The summed E-state index contributed by atoms with van der Waals surface area (Å²) >= 11 is 0. The fourth-order valence-electron chi connectivity index (χ4n) is 1.91. The van der Waals surface area contributed by atoms with E-state index in [9.17, 15) is 22.0 Å². The predicted molar refractivity (Wildman–Crippen MR) is 81.4 cm³/mol. The highest BCUT2D eigenvalue weighted by atomic mass is 19.4. The Morgan fingerprint density at radius 1 is 0.958 bits per heavy atom. The van der Waals surface area contributed by atoms with Gasteiger partial charge in [0.15, 0.2) is 5.71 Å². The number of nitrogens with zero attached hydrogens (tertiary/aromatic N) is 1. The third-order valence-corrected chi connectivity index (χ3v) is 3.08. The Balaban J connectivity index is 2.46. The maximum atomic E-state index is 14.1. The number of benzene rings is 2. The van der Waals surface area contributed by atoms with Crippen LogP contribution in [0.25, 0.3) is 11.1 Å². The highest BCUT2D eigenvalue weighted by molar-refractivity contribution is 6.04. The van der Waals surface area contributed by atoms with Crippen LogP contribution >= 0.6 is 0 Å². The summed E-state index contributed by atoms with van der Waals surface area (Å²) in [5, 5.41) is 0. The van der Waals surface area contributed by atoms with Crippen molar-refractivity contribution < 1.29 is 22.0 Å². The Kier molecular flexibility index (Phi) is 4.87. The number of alkyl halides is 3. The van der Waals surface area contributed by atoms with Crippen LogP contribution in [-0.2, 0) is 0 Å². The zero-order valence-electron chi connectivity index (χ0n) is 12.1. The summed E-state index contributed by atoms with van der Waals surface area (Å²) in [6.07, 6.45) is -4.35. The van der Waals surface area contributed by atoms with E-state index in [1.807, 2.05) is 0 Å². The van der Waals surface area contributed by atoms with Gasteiger partial charge in [0, 0.05) is 6.20 Å². The van der Waals surface area contributed by atoms with Crippen molar-refractivity contribution in [3.63, 3.8) is 0 Å². The van der Waals surface area contributed by atoms with Gasteiger partial charge in [-0.05, 0) is 35.4 Å². The molecule has 0 bridgehead atoms. The maximum absolute atomic E-state index is 14.1. The summed E-state index contributed by atoms with van der Waals surface area (Å²) in [5.74, 6) is -1.44. The largest absolute Gasteiger partial charge is 0.435 e. The van der Waals surface area contributed by atoms with Crippen LogP contribution in [0.15, 0.2) is 59.4 Å². The van der Waals surface area contributed by atoms with Crippen molar-refractivity contribution in [2.24, 2.45) is 16.5 Å². The van der Waals surface area contributed by atoms with E-state index in [-0.39, 0.29) is 0 Å². The Bertz CT molecular complexity index is 792. The molecule has 0 aliphatic rings. The topological polar surface area (TPSA) is 64.4 Å². The first kappa shape index (κ1) is 17.5. The first-order chi connectivity index (χ1) is 11.2. The third kappa shape index (κ3) is 3.89. The second-order valence-corrected chi connectivity index (χ2v) is 4.75. The van der Waals surface area contributed by atoms with Gasteiger partial charge >= 0.3 is 6.18 Å². The normalized spacial score (nSPS) is 13.2. The van der Waals surface area contributed by atoms with Gasteiger partial charge in [0.2, 0.25) is 0 Å². The molecule has 2 aromatic carbocycles. The van der Waals surface area contributed by atoms with Crippen molar-refractivity contribution in [3.8, 4) is 11.1 Å². The molecule has 4 N–H and O–H groups in total. The van der Waals surface area contributed by atoms with E-state index in [1.54, 1.807) is 0 Å². The predicted octanol–water partition coefficient (Wildman–Crippen LogP) is 4.03. The van der Waals surface area contributed by atoms with E-state index in [0.29, 0.717) is 17.3 Å². The van der Waals surface area contributed by atoms with Crippen molar-refractivity contribution >= 4 is 11.4 Å². The lowest BCUT2D eigenvalue weighted by Gasteiger charge is -2.11. The van der Waals surface area contributed by atoms with Gasteiger partial charge < -0.3 is 11.5 Å². The second-order valence-electron chi connectivity index (χ2n) is 4.75. The van der Waals surface area contributed by atoms with E-state index in [0.717, 1.165) is 12.1 Å². The average molecular weight is 341 g/mol. The van der Waals surface area contributed by atoms with Gasteiger partial charge in [0.05, 0.1) is 11.4 Å². The number of rotatable bonds is 3. The van der Waals surface area contributed by atoms with Crippen molar-refractivity contribution in [2.75, 3.05) is 0 Å². The molecule has 8 heteroatoms. The molecule has 24 heavy (non-hydrogen) atoms. The van der Waals surface area contributed by atoms with E-state index in [1.165, 1.54) is 30.3 Å². The quantitative estimate of drug-likeness (QED) is 0.654. The van der Waals surface area contributed by atoms with Crippen LogP contribution in [0.5, 0.6) is 0 Å². The number of hydrogen-bond donors (Lipinski definition) is 2. The molecule has 0 aliphatic heterocycles. The standard InChI is InChI=1S/C16H12F5N3/c17-11-4-1-9(2-5-11)10-3-6-14(12(18)7-10)24-15(13(23)8-22)16(19,20)21/h1-8H,22-23H2. The number of aliphatic imine (C=N–C) groups is 1. The molecule has 3 nitrogen and oxygen atoms in total. The summed E-state index contributed by atoms with van der Waals surface area (Å²) in [7, 11) is 0. The smallest absolute Gasteiger partial charge is 0.403 e. The Labute approximate surface area is 134 Å². The second kappa shape index (κ2) is 6.69. The highest BCUT2D eigenvalue weighted by Crippen LogP contribution is 2.29. The van der Waals surface area contributed by atoms with Gasteiger partial charge in [-0.1, -0.05) is 18.2 Å². The van der Waals surface area contributed by atoms with Crippen LogP contribution in [0, 0.1) is 11.6 Å². The number of nitrogens with two attached hydrogens (primary N) is 2. The molecular weight excluding hydrogens is 329 g/mol. The fraction of sp³-hybridized carbons (Fsp3) is 0.0625. The van der Waals surface area contributed by atoms with Crippen molar-refractivity contribution in [2.45, 2.75) is 6.18 Å².